The molecule has 0 saturated heterocycles. The van der Waals surface area contributed by atoms with Gasteiger partial charge in [0, 0.05) is 0 Å². The molecule has 0 aliphatic heterocycles. The van der Waals surface area contributed by atoms with E-state index < -0.39 is 0 Å². The van der Waals surface area contributed by atoms with Crippen LogP contribution in [0.15, 0.2) is 58.5 Å². The summed E-state index contributed by atoms with van der Waals surface area (Å²) >= 11 is 12.3. The van der Waals surface area contributed by atoms with Gasteiger partial charge in [-0.25, -0.2) is 9.98 Å². The van der Waals surface area contributed by atoms with Gasteiger partial charge in [-0.1, -0.05) is 47.5 Å². The molecule has 0 radical (unpaired) electrons. The molecule has 114 valence electrons. The van der Waals surface area contributed by atoms with E-state index in [0.29, 0.717) is 22.9 Å². The van der Waals surface area contributed by atoms with Crippen molar-refractivity contribution in [2.24, 2.45) is 9.98 Å². The van der Waals surface area contributed by atoms with Gasteiger partial charge in [0.2, 0.25) is 0 Å². The van der Waals surface area contributed by atoms with Crippen LogP contribution in [0.4, 0.5) is 11.4 Å². The highest BCUT2D eigenvalue weighted by Crippen LogP contribution is 2.29. The van der Waals surface area contributed by atoms with Crippen LogP contribution >= 0.6 is 23.2 Å². The fraction of sp³-hybridized carbons (Fsp3) is 0.125. The first-order valence-electron chi connectivity index (χ1n) is 6.40. The molecule has 6 heteroatoms. The smallest absolute Gasteiger partial charge is 0.167 e. The molecule has 0 spiro atoms. The zero-order valence-electron chi connectivity index (χ0n) is 12.1. The zero-order chi connectivity index (χ0) is 15.9. The van der Waals surface area contributed by atoms with Crippen LogP contribution in [0.2, 0.25) is 0 Å². The summed E-state index contributed by atoms with van der Waals surface area (Å²) in [6, 6.07) is 14.5. The number of rotatable bonds is 5. The quantitative estimate of drug-likeness (QED) is 0.725. The van der Waals surface area contributed by atoms with E-state index in [0.717, 1.165) is 0 Å². The number of hydrogen-bond donors (Lipinski definition) is 0. The number of ether oxygens (including phenoxy) is 2. The molecule has 0 N–H and O–H groups in total. The standard InChI is InChI=1S/C16H14Cl2N2O2/c1-21-13-9-5-3-7-11(13)19-15(17)16(18)20-12-8-4-6-10-14(12)22-2/h3-10H,1-2H3. The maximum absolute atomic E-state index is 6.13. The Morgan fingerprint density at radius 2 is 1.09 bits per heavy atom. The van der Waals surface area contributed by atoms with Crippen LogP contribution in [0.1, 0.15) is 0 Å². The lowest BCUT2D eigenvalue weighted by atomic mass is 10.3. The summed E-state index contributed by atoms with van der Waals surface area (Å²) < 4.78 is 10.4. The van der Waals surface area contributed by atoms with Crippen molar-refractivity contribution in [3.05, 3.63) is 48.5 Å². The molecular weight excluding hydrogens is 323 g/mol. The average molecular weight is 337 g/mol. The van der Waals surface area contributed by atoms with Gasteiger partial charge in [-0.05, 0) is 24.3 Å². The number of aliphatic imine (C=N–C) groups is 2. The Balaban J connectivity index is 2.33. The third-order valence-electron chi connectivity index (χ3n) is 2.78. The van der Waals surface area contributed by atoms with Crippen molar-refractivity contribution in [1.82, 2.24) is 0 Å². The fourth-order valence-electron chi connectivity index (χ4n) is 1.75. The average Bonchev–Trinajstić information content (AvgIpc) is 2.55. The van der Waals surface area contributed by atoms with E-state index in [9.17, 15) is 0 Å². The molecule has 0 heterocycles. The summed E-state index contributed by atoms with van der Waals surface area (Å²) in [5.74, 6) is 1.20. The first-order chi connectivity index (χ1) is 10.7. The first kappa shape index (κ1) is 16.3. The normalized spacial score (nSPS) is 12.2. The number of halogens is 2. The molecule has 2 aromatic rings. The van der Waals surface area contributed by atoms with E-state index in [4.69, 9.17) is 32.7 Å². The second-order valence-corrected chi connectivity index (χ2v) is 4.86. The van der Waals surface area contributed by atoms with Crippen molar-refractivity contribution in [1.29, 1.82) is 0 Å². The van der Waals surface area contributed by atoms with Gasteiger partial charge < -0.3 is 9.47 Å². The van der Waals surface area contributed by atoms with Gasteiger partial charge in [0.15, 0.2) is 10.3 Å². The minimum absolute atomic E-state index is 0.0667. The van der Waals surface area contributed by atoms with Crippen LogP contribution in [0.25, 0.3) is 0 Å². The Labute approximate surface area is 139 Å². The van der Waals surface area contributed by atoms with Crippen LogP contribution < -0.4 is 9.47 Å². The van der Waals surface area contributed by atoms with E-state index in [1.807, 2.05) is 24.3 Å². The Morgan fingerprint density at radius 1 is 0.727 bits per heavy atom. The molecule has 2 aromatic carbocycles. The molecule has 0 aromatic heterocycles. The van der Waals surface area contributed by atoms with Gasteiger partial charge in [0.1, 0.15) is 22.9 Å². The molecule has 0 atom stereocenters. The third-order valence-corrected chi connectivity index (χ3v) is 3.40. The van der Waals surface area contributed by atoms with Crippen molar-refractivity contribution in [3.63, 3.8) is 0 Å². The molecule has 2 rings (SSSR count). The molecule has 0 unspecified atom stereocenters. The highest BCUT2D eigenvalue weighted by molar-refractivity contribution is 7.00. The summed E-state index contributed by atoms with van der Waals surface area (Å²) in [6.45, 7) is 0. The largest absolute Gasteiger partial charge is 0.494 e. The second-order valence-electron chi connectivity index (χ2n) is 4.15. The molecule has 0 fully saturated rings. The highest BCUT2D eigenvalue weighted by Gasteiger charge is 2.08. The van der Waals surface area contributed by atoms with Crippen LogP contribution in [-0.4, -0.2) is 24.6 Å². The predicted octanol–water partition coefficient (Wildman–Crippen LogP) is 4.94. The van der Waals surface area contributed by atoms with Crippen LogP contribution in [-0.2, 0) is 0 Å². The molecule has 0 aliphatic carbocycles. The lowest BCUT2D eigenvalue weighted by Crippen LogP contribution is -1.99. The van der Waals surface area contributed by atoms with Crippen molar-refractivity contribution < 1.29 is 9.47 Å². The molecule has 22 heavy (non-hydrogen) atoms. The number of benzene rings is 2. The Morgan fingerprint density at radius 3 is 1.45 bits per heavy atom. The lowest BCUT2D eigenvalue weighted by molar-refractivity contribution is 0.416. The molecule has 0 amide bonds. The van der Waals surface area contributed by atoms with Crippen LogP contribution in [0.5, 0.6) is 11.5 Å². The van der Waals surface area contributed by atoms with Crippen LogP contribution in [0, 0.1) is 0 Å². The Bertz CT molecular complexity index is 653. The van der Waals surface area contributed by atoms with Gasteiger partial charge in [0.05, 0.1) is 14.2 Å². The number of hydrogen-bond acceptors (Lipinski definition) is 4. The van der Waals surface area contributed by atoms with Crippen molar-refractivity contribution in [2.75, 3.05) is 14.2 Å². The summed E-state index contributed by atoms with van der Waals surface area (Å²) in [7, 11) is 3.12. The van der Waals surface area contributed by atoms with Gasteiger partial charge >= 0.3 is 0 Å². The monoisotopic (exact) mass is 336 g/mol. The van der Waals surface area contributed by atoms with Gasteiger partial charge in [-0.2, -0.15) is 0 Å². The van der Waals surface area contributed by atoms with E-state index in [2.05, 4.69) is 9.98 Å². The molecule has 0 saturated carbocycles. The van der Waals surface area contributed by atoms with Gasteiger partial charge in [-0.3, -0.25) is 0 Å². The fourth-order valence-corrected chi connectivity index (χ4v) is 2.01. The Hall–Kier alpha value is -2.04. The minimum Gasteiger partial charge on any atom is -0.494 e. The third kappa shape index (κ3) is 4.00. The summed E-state index contributed by atoms with van der Waals surface area (Å²) in [6.07, 6.45) is 0. The van der Waals surface area contributed by atoms with Gasteiger partial charge in [-0.15, -0.1) is 0 Å². The van der Waals surface area contributed by atoms with E-state index in [1.165, 1.54) is 0 Å². The maximum Gasteiger partial charge on any atom is 0.167 e. The second kappa shape index (κ2) is 7.82. The number of methoxy groups -OCH3 is 2. The van der Waals surface area contributed by atoms with E-state index in [1.54, 1.807) is 38.5 Å². The zero-order valence-corrected chi connectivity index (χ0v) is 13.6. The van der Waals surface area contributed by atoms with Crippen molar-refractivity contribution in [2.45, 2.75) is 0 Å². The molecule has 4 nitrogen and oxygen atoms in total. The molecule has 0 aliphatic rings. The highest BCUT2D eigenvalue weighted by atomic mass is 35.5. The predicted molar refractivity (Wildman–Crippen MR) is 91.9 cm³/mol. The summed E-state index contributed by atoms with van der Waals surface area (Å²) in [5, 5.41) is 0.133. The SMILES string of the molecule is COc1ccccc1N=C(Cl)C(Cl)=Nc1ccccc1OC. The topological polar surface area (TPSA) is 43.2 Å². The van der Waals surface area contributed by atoms with Crippen molar-refractivity contribution in [3.8, 4) is 11.5 Å². The summed E-state index contributed by atoms with van der Waals surface area (Å²) in [5.41, 5.74) is 1.15. The minimum atomic E-state index is 0.0667. The Kier molecular flexibility index (Phi) is 5.81. The lowest BCUT2D eigenvalue weighted by Gasteiger charge is -2.05. The molecular formula is C16H14Cl2N2O2. The van der Waals surface area contributed by atoms with Crippen LogP contribution in [0.3, 0.4) is 0 Å². The summed E-state index contributed by atoms with van der Waals surface area (Å²) in [4.78, 5) is 8.47. The van der Waals surface area contributed by atoms with E-state index in [-0.39, 0.29) is 10.3 Å². The maximum atomic E-state index is 6.13. The number of para-hydroxylation sites is 4. The first-order valence-corrected chi connectivity index (χ1v) is 7.16. The van der Waals surface area contributed by atoms with Crippen molar-refractivity contribution >= 4 is 44.9 Å². The number of nitrogens with zero attached hydrogens (tertiary/aromatic N) is 2. The molecule has 0 bridgehead atoms. The van der Waals surface area contributed by atoms with Gasteiger partial charge in [0.25, 0.3) is 0 Å². The van der Waals surface area contributed by atoms with E-state index >= 15 is 0 Å².